The third-order valence-electron chi connectivity index (χ3n) is 6.76. The van der Waals surface area contributed by atoms with Crippen LogP contribution < -0.4 is 10.6 Å². The molecule has 0 saturated heterocycles. The third-order valence-corrected chi connectivity index (χ3v) is 6.76. The molecule has 3 N–H and O–H groups in total. The molecule has 9 heteroatoms. The predicted molar refractivity (Wildman–Crippen MR) is 149 cm³/mol. The summed E-state index contributed by atoms with van der Waals surface area (Å²) in [7, 11) is 1.69. The van der Waals surface area contributed by atoms with Crippen LogP contribution >= 0.6 is 0 Å². The summed E-state index contributed by atoms with van der Waals surface area (Å²) in [6.45, 7) is 3.89. The van der Waals surface area contributed by atoms with Crippen molar-refractivity contribution >= 4 is 17.6 Å². The summed E-state index contributed by atoms with van der Waals surface area (Å²) in [6.07, 6.45) is 7.33. The molecule has 3 heterocycles. The number of nitrogens with one attached hydrogen (secondary N) is 2. The molecule has 0 unspecified atom stereocenters. The average Bonchev–Trinajstić information content (AvgIpc) is 2.96. The maximum atomic E-state index is 12.0. The Morgan fingerprint density at radius 3 is 2.79 bits per heavy atom. The summed E-state index contributed by atoms with van der Waals surface area (Å²) >= 11 is 0. The van der Waals surface area contributed by atoms with Gasteiger partial charge in [-0.25, -0.2) is 19.7 Å². The zero-order valence-electron chi connectivity index (χ0n) is 22.1. The smallest absolute Gasteiger partial charge is 0.326 e. The minimum absolute atomic E-state index is 0.446. The molecule has 0 amide bonds. The van der Waals surface area contributed by atoms with Crippen LogP contribution in [0.4, 0.5) is 11.6 Å². The number of unbranched alkanes of at least 4 members (excludes halogenated alkanes) is 1. The molecule has 1 aliphatic rings. The van der Waals surface area contributed by atoms with E-state index < -0.39 is 12.0 Å². The number of pyridine rings is 1. The zero-order chi connectivity index (χ0) is 26.6. The molecule has 0 spiro atoms. The third kappa shape index (κ3) is 8.22. The number of anilines is 2. The number of hydrogen-bond donors (Lipinski definition) is 3. The van der Waals surface area contributed by atoms with Crippen LogP contribution in [0.25, 0.3) is 11.4 Å². The Balaban J connectivity index is 1.28. The number of aryl methyl sites for hydroxylation is 2. The standard InChI is InChI=1S/C29H38N6O3/c1-38-21-20-35(18-6-5-11-24-13-12-23-10-7-16-30-27(23)32-24)19-15-25(29(36)37)33-26-14-17-31-28(34-26)22-8-3-2-4-9-22/h2-4,8-9,12-14,17,25H,5-7,10-11,15-16,18-21H2,1H3,(H,30,32)(H,36,37)(H,31,33,34)/t25-/m0/s1. The van der Waals surface area contributed by atoms with Gasteiger partial charge in [-0.3, -0.25) is 0 Å². The molecule has 4 rings (SSSR count). The lowest BCUT2D eigenvalue weighted by molar-refractivity contribution is -0.138. The van der Waals surface area contributed by atoms with Gasteiger partial charge in [0.15, 0.2) is 5.82 Å². The molecule has 0 radical (unpaired) electrons. The van der Waals surface area contributed by atoms with E-state index in [1.807, 2.05) is 30.3 Å². The highest BCUT2D eigenvalue weighted by molar-refractivity contribution is 5.77. The van der Waals surface area contributed by atoms with Crippen LogP contribution in [-0.2, 0) is 22.4 Å². The number of aromatic nitrogens is 3. The monoisotopic (exact) mass is 518 g/mol. The lowest BCUT2D eigenvalue weighted by Crippen LogP contribution is -2.37. The normalized spacial score (nSPS) is 13.5. The minimum Gasteiger partial charge on any atom is -0.480 e. The molecule has 38 heavy (non-hydrogen) atoms. The van der Waals surface area contributed by atoms with Crippen molar-refractivity contribution in [3.8, 4) is 11.4 Å². The Morgan fingerprint density at radius 1 is 1.11 bits per heavy atom. The maximum Gasteiger partial charge on any atom is 0.326 e. The van der Waals surface area contributed by atoms with Gasteiger partial charge in [-0.2, -0.15) is 0 Å². The first-order valence-electron chi connectivity index (χ1n) is 13.4. The second-order valence-electron chi connectivity index (χ2n) is 9.59. The first-order valence-corrected chi connectivity index (χ1v) is 13.4. The van der Waals surface area contributed by atoms with E-state index in [1.165, 1.54) is 5.56 Å². The van der Waals surface area contributed by atoms with Crippen LogP contribution in [-0.4, -0.2) is 76.9 Å². The van der Waals surface area contributed by atoms with Crippen molar-refractivity contribution in [1.29, 1.82) is 0 Å². The Hall–Kier alpha value is -3.56. The van der Waals surface area contributed by atoms with Crippen LogP contribution in [0.2, 0.25) is 0 Å². The molecule has 0 bridgehead atoms. The molecule has 0 aliphatic carbocycles. The van der Waals surface area contributed by atoms with Crippen LogP contribution in [0.1, 0.15) is 36.9 Å². The first-order chi connectivity index (χ1) is 18.6. The molecule has 0 saturated carbocycles. The predicted octanol–water partition coefficient (Wildman–Crippen LogP) is 4.12. The van der Waals surface area contributed by atoms with Gasteiger partial charge in [0.1, 0.15) is 17.7 Å². The number of methoxy groups -OCH3 is 1. The SMILES string of the molecule is COCCN(CCCCc1ccc2c(n1)NCCC2)CC[C@H](Nc1ccnc(-c2ccccc2)n1)C(=O)O. The number of benzene rings is 1. The number of hydrogen-bond acceptors (Lipinski definition) is 8. The van der Waals surface area contributed by atoms with Crippen molar-refractivity contribution in [3.63, 3.8) is 0 Å². The van der Waals surface area contributed by atoms with E-state index in [2.05, 4.69) is 37.6 Å². The Kier molecular flexibility index (Phi) is 10.4. The number of nitrogens with zero attached hydrogens (tertiary/aromatic N) is 4. The van der Waals surface area contributed by atoms with Crippen molar-refractivity contribution in [2.24, 2.45) is 0 Å². The van der Waals surface area contributed by atoms with Crippen molar-refractivity contribution in [3.05, 3.63) is 66.0 Å². The fourth-order valence-corrected chi connectivity index (χ4v) is 4.62. The second-order valence-corrected chi connectivity index (χ2v) is 9.59. The van der Waals surface area contributed by atoms with Gasteiger partial charge in [0.25, 0.3) is 0 Å². The number of ether oxygens (including phenoxy) is 1. The van der Waals surface area contributed by atoms with Gasteiger partial charge in [0.2, 0.25) is 0 Å². The van der Waals surface area contributed by atoms with Crippen LogP contribution in [0, 0.1) is 0 Å². The highest BCUT2D eigenvalue weighted by Crippen LogP contribution is 2.20. The highest BCUT2D eigenvalue weighted by Gasteiger charge is 2.20. The number of fused-ring (bicyclic) bond motifs is 1. The number of rotatable bonds is 15. The molecule has 1 atom stereocenters. The number of carboxylic acids is 1. The molecule has 9 nitrogen and oxygen atoms in total. The molecule has 1 aromatic carbocycles. The molecule has 202 valence electrons. The van der Waals surface area contributed by atoms with Crippen molar-refractivity contribution < 1.29 is 14.6 Å². The van der Waals surface area contributed by atoms with E-state index in [4.69, 9.17) is 9.72 Å². The van der Waals surface area contributed by atoms with Gasteiger partial charge in [-0.15, -0.1) is 0 Å². The molecular weight excluding hydrogens is 480 g/mol. The molecule has 1 aliphatic heterocycles. The molecular formula is C29H38N6O3. The highest BCUT2D eigenvalue weighted by atomic mass is 16.5. The largest absolute Gasteiger partial charge is 0.480 e. The lowest BCUT2D eigenvalue weighted by atomic mass is 10.1. The second kappa shape index (κ2) is 14.4. The van der Waals surface area contributed by atoms with Crippen LogP contribution in [0.15, 0.2) is 54.7 Å². The Bertz CT molecular complexity index is 1160. The number of aliphatic carboxylic acids is 1. The minimum atomic E-state index is -0.899. The number of carboxylic acid groups (broad SMARTS) is 1. The summed E-state index contributed by atoms with van der Waals surface area (Å²) in [4.78, 5) is 28.0. The molecule has 2 aromatic heterocycles. The van der Waals surface area contributed by atoms with Gasteiger partial charge in [-0.05, 0) is 62.8 Å². The van der Waals surface area contributed by atoms with E-state index in [9.17, 15) is 9.90 Å². The Morgan fingerprint density at radius 2 is 1.97 bits per heavy atom. The van der Waals surface area contributed by atoms with Crippen molar-refractivity contribution in [2.45, 2.75) is 44.6 Å². The first kappa shape index (κ1) is 27.5. The maximum absolute atomic E-state index is 12.0. The number of carbonyl (C=O) groups is 1. The van der Waals surface area contributed by atoms with Gasteiger partial charge < -0.3 is 25.4 Å². The van der Waals surface area contributed by atoms with Crippen LogP contribution in [0.5, 0.6) is 0 Å². The zero-order valence-corrected chi connectivity index (χ0v) is 22.1. The van der Waals surface area contributed by atoms with E-state index in [0.717, 1.165) is 68.8 Å². The summed E-state index contributed by atoms with van der Waals surface area (Å²) in [6, 6.07) is 14.9. The van der Waals surface area contributed by atoms with Gasteiger partial charge in [-0.1, -0.05) is 36.4 Å². The average molecular weight is 519 g/mol. The summed E-state index contributed by atoms with van der Waals surface area (Å²) in [5, 5.41) is 16.4. The van der Waals surface area contributed by atoms with Crippen molar-refractivity contribution in [2.75, 3.05) is 50.5 Å². The van der Waals surface area contributed by atoms with Crippen LogP contribution in [0.3, 0.4) is 0 Å². The Labute approximate surface area is 224 Å². The van der Waals surface area contributed by atoms with Gasteiger partial charge >= 0.3 is 5.97 Å². The summed E-state index contributed by atoms with van der Waals surface area (Å²) in [5.74, 6) is 1.21. The topological polar surface area (TPSA) is 113 Å². The molecule has 3 aromatic rings. The van der Waals surface area contributed by atoms with E-state index in [1.54, 1.807) is 19.4 Å². The molecule has 0 fully saturated rings. The van der Waals surface area contributed by atoms with Crippen molar-refractivity contribution in [1.82, 2.24) is 19.9 Å². The van der Waals surface area contributed by atoms with Gasteiger partial charge in [0.05, 0.1) is 6.61 Å². The lowest BCUT2D eigenvalue weighted by Gasteiger charge is -2.24. The summed E-state index contributed by atoms with van der Waals surface area (Å²) in [5.41, 5.74) is 3.32. The van der Waals surface area contributed by atoms with E-state index in [-0.39, 0.29) is 0 Å². The fraction of sp³-hybridized carbons (Fsp3) is 0.448. The fourth-order valence-electron chi connectivity index (χ4n) is 4.62. The quantitative estimate of drug-likeness (QED) is 0.256. The van der Waals surface area contributed by atoms with Gasteiger partial charge in [0, 0.05) is 44.2 Å². The summed E-state index contributed by atoms with van der Waals surface area (Å²) < 4.78 is 5.30. The van der Waals surface area contributed by atoms with E-state index in [0.29, 0.717) is 31.2 Å². The van der Waals surface area contributed by atoms with E-state index >= 15 is 0 Å².